The molecule has 3 aliphatic heterocycles. The monoisotopic (exact) mass is 448 g/mol. The molecule has 4 heterocycles. The molecule has 5 rings (SSSR count). The van der Waals surface area contributed by atoms with Crippen LogP contribution in [-0.2, 0) is 15.7 Å². The Labute approximate surface area is 185 Å². The third-order valence-corrected chi connectivity index (χ3v) is 6.43. The SMILES string of the molecule is COCC(=O)NC[C@H]1C[C@@H]2CCN1C[C@@H]2c1cc(-c2ccc(C(F)(F)F)cc2)nc(C)n1. The molecule has 0 radical (unpaired) electrons. The maximum absolute atomic E-state index is 12.9. The Balaban J connectivity index is 1.49. The molecule has 0 saturated carbocycles. The van der Waals surface area contributed by atoms with E-state index in [2.05, 4.69) is 20.2 Å². The van der Waals surface area contributed by atoms with Crippen molar-refractivity contribution in [2.75, 3.05) is 33.4 Å². The number of carbonyl (C=O) groups excluding carboxylic acids is 1. The van der Waals surface area contributed by atoms with Crippen LogP contribution in [0, 0.1) is 12.8 Å². The summed E-state index contributed by atoms with van der Waals surface area (Å²) >= 11 is 0. The summed E-state index contributed by atoms with van der Waals surface area (Å²) in [5.41, 5.74) is 1.54. The van der Waals surface area contributed by atoms with E-state index in [1.807, 2.05) is 13.0 Å². The number of rotatable bonds is 6. The van der Waals surface area contributed by atoms with Gasteiger partial charge in [0.15, 0.2) is 0 Å². The summed E-state index contributed by atoms with van der Waals surface area (Å²) in [5, 5.41) is 2.94. The van der Waals surface area contributed by atoms with E-state index in [-0.39, 0.29) is 18.4 Å². The highest BCUT2D eigenvalue weighted by molar-refractivity contribution is 5.77. The van der Waals surface area contributed by atoms with Crippen LogP contribution in [-0.4, -0.2) is 60.2 Å². The van der Waals surface area contributed by atoms with Crippen LogP contribution in [0.1, 0.15) is 35.8 Å². The third-order valence-electron chi connectivity index (χ3n) is 6.43. The van der Waals surface area contributed by atoms with Crippen LogP contribution >= 0.6 is 0 Å². The maximum atomic E-state index is 12.9. The summed E-state index contributed by atoms with van der Waals surface area (Å²) in [6, 6.07) is 7.31. The molecular formula is C23H27F3N4O2. The Morgan fingerprint density at radius 3 is 2.62 bits per heavy atom. The molecule has 1 aromatic carbocycles. The Kier molecular flexibility index (Phi) is 6.48. The minimum atomic E-state index is -4.36. The summed E-state index contributed by atoms with van der Waals surface area (Å²) < 4.78 is 43.5. The minimum Gasteiger partial charge on any atom is -0.375 e. The fraction of sp³-hybridized carbons (Fsp3) is 0.522. The number of piperidine rings is 3. The second kappa shape index (κ2) is 9.15. The van der Waals surface area contributed by atoms with Crippen molar-refractivity contribution < 1.29 is 22.7 Å². The molecule has 1 unspecified atom stereocenters. The van der Waals surface area contributed by atoms with Crippen molar-refractivity contribution in [1.82, 2.24) is 20.2 Å². The van der Waals surface area contributed by atoms with E-state index in [1.54, 1.807) is 0 Å². The Bertz CT molecular complexity index is 965. The number of benzene rings is 1. The first kappa shape index (κ1) is 22.7. The molecule has 1 N–H and O–H groups in total. The first-order valence-corrected chi connectivity index (χ1v) is 10.8. The van der Waals surface area contributed by atoms with Crippen molar-refractivity contribution in [2.45, 2.75) is 37.9 Å². The summed E-state index contributed by atoms with van der Waals surface area (Å²) in [5.74, 6) is 1.18. The average Bonchev–Trinajstić information content (AvgIpc) is 2.77. The van der Waals surface area contributed by atoms with E-state index in [1.165, 1.54) is 19.2 Å². The quantitative estimate of drug-likeness (QED) is 0.734. The molecular weight excluding hydrogens is 421 g/mol. The van der Waals surface area contributed by atoms with E-state index in [0.717, 1.165) is 43.8 Å². The van der Waals surface area contributed by atoms with Gasteiger partial charge in [0.1, 0.15) is 12.4 Å². The normalized spacial score (nSPS) is 25.0. The van der Waals surface area contributed by atoms with Gasteiger partial charge in [0.05, 0.1) is 11.3 Å². The molecule has 6 nitrogen and oxygen atoms in total. The van der Waals surface area contributed by atoms with Gasteiger partial charge >= 0.3 is 6.18 Å². The van der Waals surface area contributed by atoms with Gasteiger partial charge in [0.2, 0.25) is 5.91 Å². The lowest BCUT2D eigenvalue weighted by molar-refractivity contribution is -0.137. The molecule has 2 aromatic rings. The Morgan fingerprint density at radius 1 is 1.25 bits per heavy atom. The van der Waals surface area contributed by atoms with Gasteiger partial charge in [-0.3, -0.25) is 9.69 Å². The second-order valence-electron chi connectivity index (χ2n) is 8.58. The molecule has 1 aromatic heterocycles. The van der Waals surface area contributed by atoms with Crippen molar-refractivity contribution >= 4 is 5.91 Å². The van der Waals surface area contributed by atoms with E-state index < -0.39 is 11.7 Å². The van der Waals surface area contributed by atoms with Gasteiger partial charge in [-0.1, -0.05) is 12.1 Å². The standard InChI is InChI=1S/C23H27F3N4O2/c1-14-28-20(15-3-5-17(6-4-15)23(24,25)26)10-21(29-14)19-12-30-8-7-16(19)9-18(30)11-27-22(31)13-32-2/h3-6,10,16,18-19H,7-9,11-13H2,1-2H3,(H,27,31)/t16-,18+,19-/m0/s1. The van der Waals surface area contributed by atoms with Gasteiger partial charge in [-0.15, -0.1) is 0 Å². The minimum absolute atomic E-state index is 0.0612. The second-order valence-corrected chi connectivity index (χ2v) is 8.58. The van der Waals surface area contributed by atoms with Crippen molar-refractivity contribution in [1.29, 1.82) is 0 Å². The predicted molar refractivity (Wildman–Crippen MR) is 113 cm³/mol. The molecule has 4 atom stereocenters. The smallest absolute Gasteiger partial charge is 0.375 e. The first-order chi connectivity index (χ1) is 15.2. The topological polar surface area (TPSA) is 67.3 Å². The predicted octanol–water partition coefficient (Wildman–Crippen LogP) is 3.41. The lowest BCUT2D eigenvalue weighted by atomic mass is 9.74. The van der Waals surface area contributed by atoms with Gasteiger partial charge < -0.3 is 10.1 Å². The van der Waals surface area contributed by atoms with Gasteiger partial charge in [-0.25, -0.2) is 9.97 Å². The fourth-order valence-electron chi connectivity index (χ4n) is 4.86. The van der Waals surface area contributed by atoms with E-state index in [9.17, 15) is 18.0 Å². The lowest BCUT2D eigenvalue weighted by Crippen LogP contribution is -2.56. The van der Waals surface area contributed by atoms with Gasteiger partial charge in [0, 0.05) is 43.4 Å². The van der Waals surface area contributed by atoms with Crippen LogP contribution in [0.4, 0.5) is 13.2 Å². The molecule has 3 aliphatic rings. The number of alkyl halides is 3. The highest BCUT2D eigenvalue weighted by atomic mass is 19.4. The third kappa shape index (κ3) is 4.94. The number of hydrogen-bond acceptors (Lipinski definition) is 5. The van der Waals surface area contributed by atoms with E-state index in [0.29, 0.717) is 35.6 Å². The average molecular weight is 448 g/mol. The van der Waals surface area contributed by atoms with Crippen LogP contribution in [0.15, 0.2) is 30.3 Å². The maximum Gasteiger partial charge on any atom is 0.416 e. The fourth-order valence-corrected chi connectivity index (χ4v) is 4.86. The number of hydrogen-bond donors (Lipinski definition) is 1. The summed E-state index contributed by atoms with van der Waals surface area (Å²) in [7, 11) is 1.50. The van der Waals surface area contributed by atoms with Crippen LogP contribution in [0.5, 0.6) is 0 Å². The number of carbonyl (C=O) groups is 1. The number of aryl methyl sites for hydroxylation is 1. The van der Waals surface area contributed by atoms with Crippen molar-refractivity contribution in [3.05, 3.63) is 47.4 Å². The van der Waals surface area contributed by atoms with Crippen LogP contribution in [0.2, 0.25) is 0 Å². The molecule has 0 aliphatic carbocycles. The van der Waals surface area contributed by atoms with Crippen LogP contribution in [0.3, 0.4) is 0 Å². The molecule has 1 amide bonds. The van der Waals surface area contributed by atoms with E-state index >= 15 is 0 Å². The molecule has 3 saturated heterocycles. The number of ether oxygens (including phenoxy) is 1. The summed E-state index contributed by atoms with van der Waals surface area (Å²) in [6.07, 6.45) is -2.33. The van der Waals surface area contributed by atoms with Gasteiger partial charge in [-0.2, -0.15) is 13.2 Å². The van der Waals surface area contributed by atoms with Crippen molar-refractivity contribution in [2.24, 2.45) is 5.92 Å². The number of halogens is 3. The molecule has 2 bridgehead atoms. The zero-order valence-electron chi connectivity index (χ0n) is 18.2. The molecule has 172 valence electrons. The number of fused-ring (bicyclic) bond motifs is 3. The molecule has 3 fully saturated rings. The Hall–Kier alpha value is -2.52. The zero-order valence-corrected chi connectivity index (χ0v) is 18.2. The lowest BCUT2D eigenvalue weighted by Gasteiger charge is -2.49. The Morgan fingerprint density at radius 2 is 2.00 bits per heavy atom. The summed E-state index contributed by atoms with van der Waals surface area (Å²) in [6.45, 7) is 4.31. The van der Waals surface area contributed by atoms with E-state index in [4.69, 9.17) is 4.74 Å². The largest absolute Gasteiger partial charge is 0.416 e. The number of nitrogens with zero attached hydrogens (tertiary/aromatic N) is 3. The van der Waals surface area contributed by atoms with Crippen molar-refractivity contribution in [3.8, 4) is 11.3 Å². The van der Waals surface area contributed by atoms with Gasteiger partial charge in [-0.05, 0) is 50.4 Å². The first-order valence-electron chi connectivity index (χ1n) is 10.8. The highest BCUT2D eigenvalue weighted by Gasteiger charge is 2.41. The number of methoxy groups -OCH3 is 1. The number of amides is 1. The van der Waals surface area contributed by atoms with Gasteiger partial charge in [0.25, 0.3) is 0 Å². The molecule has 9 heteroatoms. The summed E-state index contributed by atoms with van der Waals surface area (Å²) in [4.78, 5) is 23.3. The van der Waals surface area contributed by atoms with Crippen LogP contribution < -0.4 is 5.32 Å². The van der Waals surface area contributed by atoms with Crippen LogP contribution in [0.25, 0.3) is 11.3 Å². The highest BCUT2D eigenvalue weighted by Crippen LogP contribution is 2.41. The zero-order chi connectivity index (χ0) is 22.9. The molecule has 0 spiro atoms. The molecule has 32 heavy (non-hydrogen) atoms. The van der Waals surface area contributed by atoms with Crippen molar-refractivity contribution in [3.63, 3.8) is 0 Å². The number of aromatic nitrogens is 2. The number of nitrogens with one attached hydrogen (secondary N) is 1.